The summed E-state index contributed by atoms with van der Waals surface area (Å²) < 4.78 is 10.00. The average Bonchev–Trinajstić information content (AvgIpc) is 2.66. The summed E-state index contributed by atoms with van der Waals surface area (Å²) >= 11 is 0. The van der Waals surface area contributed by atoms with Crippen LogP contribution in [-0.4, -0.2) is 45.2 Å². The molecule has 6 nitrogen and oxygen atoms in total. The summed E-state index contributed by atoms with van der Waals surface area (Å²) in [5.74, 6) is -0.220. The Kier molecular flexibility index (Phi) is 11.7. The standard InChI is InChI=1S/C12H25NO3.C10H7NO/c1-11(2,3)9-12(4,13-5)10(14)16-8-7-15-6;11-8-10-5-3-9(4-6-10)2-1-7-12/h13H,7-9H2,1-6H3;1-7H/b;2-1+. The number of methoxy groups -OCH3 is 1. The maximum atomic E-state index is 11.9. The van der Waals surface area contributed by atoms with Gasteiger partial charge in [0.15, 0.2) is 0 Å². The van der Waals surface area contributed by atoms with Crippen LogP contribution in [0.1, 0.15) is 45.2 Å². The largest absolute Gasteiger partial charge is 0.462 e. The molecule has 0 aliphatic heterocycles. The third-order valence-electron chi connectivity index (χ3n) is 3.81. The predicted octanol–water partition coefficient (Wildman–Crippen LogP) is 3.36. The van der Waals surface area contributed by atoms with Crippen LogP contribution in [-0.2, 0) is 19.1 Å². The number of nitrogens with zero attached hydrogens (tertiary/aromatic N) is 1. The van der Waals surface area contributed by atoms with E-state index in [-0.39, 0.29) is 11.4 Å². The minimum atomic E-state index is -0.633. The first kappa shape index (κ1) is 25.5. The molecule has 1 aromatic rings. The van der Waals surface area contributed by atoms with Crippen molar-refractivity contribution in [3.8, 4) is 6.07 Å². The van der Waals surface area contributed by atoms with Gasteiger partial charge in [-0.05, 0) is 49.6 Å². The van der Waals surface area contributed by atoms with Crippen molar-refractivity contribution < 1.29 is 19.1 Å². The summed E-state index contributed by atoms with van der Waals surface area (Å²) in [6, 6.07) is 9.02. The van der Waals surface area contributed by atoms with Crippen LogP contribution in [0.4, 0.5) is 0 Å². The van der Waals surface area contributed by atoms with Gasteiger partial charge in [0.25, 0.3) is 0 Å². The molecule has 0 heterocycles. The number of aldehydes is 1. The third kappa shape index (κ3) is 10.6. The number of benzene rings is 1. The van der Waals surface area contributed by atoms with Crippen molar-refractivity contribution in [1.29, 1.82) is 5.26 Å². The van der Waals surface area contributed by atoms with Crippen molar-refractivity contribution in [3.63, 3.8) is 0 Å². The van der Waals surface area contributed by atoms with E-state index in [2.05, 4.69) is 26.1 Å². The number of allylic oxidation sites excluding steroid dienone is 1. The quantitative estimate of drug-likeness (QED) is 0.318. The molecule has 0 bridgehead atoms. The Labute approximate surface area is 168 Å². The van der Waals surface area contributed by atoms with E-state index in [0.717, 1.165) is 18.3 Å². The SMILES string of the molecule is CNC(C)(CC(C)(C)C)C(=O)OCCOC.N#Cc1ccc(/C=C/C=O)cc1. The van der Waals surface area contributed by atoms with Crippen LogP contribution in [0.3, 0.4) is 0 Å². The fourth-order valence-corrected chi connectivity index (χ4v) is 2.52. The van der Waals surface area contributed by atoms with Gasteiger partial charge in [0, 0.05) is 7.11 Å². The summed E-state index contributed by atoms with van der Waals surface area (Å²) in [7, 11) is 3.36. The highest BCUT2D eigenvalue weighted by molar-refractivity contribution is 5.80. The lowest BCUT2D eigenvalue weighted by Crippen LogP contribution is -2.51. The highest BCUT2D eigenvalue weighted by Gasteiger charge is 2.37. The van der Waals surface area contributed by atoms with Gasteiger partial charge in [-0.2, -0.15) is 5.26 Å². The molecule has 1 aromatic carbocycles. The van der Waals surface area contributed by atoms with Crippen LogP contribution in [0.15, 0.2) is 30.3 Å². The number of hydrogen-bond donors (Lipinski definition) is 1. The van der Waals surface area contributed by atoms with Crippen molar-refractivity contribution in [3.05, 3.63) is 41.5 Å². The zero-order valence-electron chi connectivity index (χ0n) is 17.7. The van der Waals surface area contributed by atoms with Gasteiger partial charge in [0.1, 0.15) is 18.4 Å². The average molecular weight is 389 g/mol. The van der Waals surface area contributed by atoms with Crippen molar-refractivity contribution in [1.82, 2.24) is 5.32 Å². The van der Waals surface area contributed by atoms with Gasteiger partial charge in [-0.3, -0.25) is 9.59 Å². The Hall–Kier alpha value is -2.49. The molecule has 0 aromatic heterocycles. The lowest BCUT2D eigenvalue weighted by molar-refractivity contribution is -0.153. The first-order valence-corrected chi connectivity index (χ1v) is 9.09. The molecule has 1 rings (SSSR count). The van der Waals surface area contributed by atoms with Crippen molar-refractivity contribution >= 4 is 18.3 Å². The Morgan fingerprint density at radius 1 is 1.18 bits per heavy atom. The molecule has 0 spiro atoms. The zero-order valence-corrected chi connectivity index (χ0v) is 17.7. The number of ether oxygens (including phenoxy) is 2. The molecule has 0 saturated carbocycles. The van der Waals surface area contributed by atoms with Crippen LogP contribution in [0.25, 0.3) is 6.08 Å². The Morgan fingerprint density at radius 2 is 1.79 bits per heavy atom. The lowest BCUT2D eigenvalue weighted by Gasteiger charge is -2.33. The number of nitrogens with one attached hydrogen (secondary N) is 1. The predicted molar refractivity (Wildman–Crippen MR) is 111 cm³/mol. The molecule has 6 heteroatoms. The number of carbonyl (C=O) groups is 2. The van der Waals surface area contributed by atoms with E-state index in [0.29, 0.717) is 18.8 Å². The first-order valence-electron chi connectivity index (χ1n) is 9.09. The Morgan fingerprint density at radius 3 is 2.21 bits per heavy atom. The molecule has 1 N–H and O–H groups in total. The minimum absolute atomic E-state index is 0.0675. The number of likely N-dealkylation sites (N-methyl/N-ethyl adjacent to an activating group) is 1. The maximum Gasteiger partial charge on any atom is 0.326 e. The van der Waals surface area contributed by atoms with Crippen LogP contribution in [0, 0.1) is 16.7 Å². The van der Waals surface area contributed by atoms with E-state index >= 15 is 0 Å². The van der Waals surface area contributed by atoms with E-state index < -0.39 is 5.54 Å². The second-order valence-corrected chi connectivity index (χ2v) is 7.68. The minimum Gasteiger partial charge on any atom is -0.462 e. The summed E-state index contributed by atoms with van der Waals surface area (Å²) in [5, 5.41) is 11.5. The van der Waals surface area contributed by atoms with Gasteiger partial charge in [-0.1, -0.05) is 39.0 Å². The number of carbonyl (C=O) groups excluding carboxylic acids is 2. The van der Waals surface area contributed by atoms with Gasteiger partial charge in [0.2, 0.25) is 0 Å². The number of esters is 1. The van der Waals surface area contributed by atoms with Crippen molar-refractivity contribution in [2.45, 2.75) is 39.7 Å². The smallest absolute Gasteiger partial charge is 0.326 e. The van der Waals surface area contributed by atoms with E-state index in [1.807, 2.05) is 13.0 Å². The van der Waals surface area contributed by atoms with Gasteiger partial charge in [0.05, 0.1) is 18.2 Å². The maximum absolute atomic E-state index is 11.9. The molecule has 0 aliphatic carbocycles. The molecule has 1 unspecified atom stereocenters. The van der Waals surface area contributed by atoms with E-state index in [1.54, 1.807) is 44.5 Å². The van der Waals surface area contributed by atoms with Gasteiger partial charge in [-0.15, -0.1) is 0 Å². The van der Waals surface area contributed by atoms with Crippen molar-refractivity contribution in [2.24, 2.45) is 5.41 Å². The van der Waals surface area contributed by atoms with E-state index in [4.69, 9.17) is 14.7 Å². The molecule has 1 atom stereocenters. The fourth-order valence-electron chi connectivity index (χ4n) is 2.52. The molecule has 0 saturated heterocycles. The number of rotatable bonds is 8. The molecular weight excluding hydrogens is 356 g/mol. The van der Waals surface area contributed by atoms with Gasteiger partial charge in [-0.25, -0.2) is 0 Å². The first-order chi connectivity index (χ1) is 13.1. The van der Waals surface area contributed by atoms with Crippen molar-refractivity contribution in [2.75, 3.05) is 27.4 Å². The highest BCUT2D eigenvalue weighted by atomic mass is 16.6. The number of nitriles is 1. The second-order valence-electron chi connectivity index (χ2n) is 7.68. The van der Waals surface area contributed by atoms with E-state index in [9.17, 15) is 9.59 Å². The van der Waals surface area contributed by atoms with Crippen LogP contribution < -0.4 is 5.32 Å². The van der Waals surface area contributed by atoms with Crippen LogP contribution in [0.5, 0.6) is 0 Å². The molecule has 0 fully saturated rings. The zero-order chi connectivity index (χ0) is 21.6. The summed E-state index contributed by atoms with van der Waals surface area (Å²) in [6.07, 6.45) is 4.55. The molecule has 154 valence electrons. The fraction of sp³-hybridized carbons (Fsp3) is 0.500. The van der Waals surface area contributed by atoms with Gasteiger partial charge >= 0.3 is 5.97 Å². The number of hydrogen-bond acceptors (Lipinski definition) is 6. The Balaban J connectivity index is 0.000000540. The molecule has 0 radical (unpaired) electrons. The topological polar surface area (TPSA) is 88.4 Å². The van der Waals surface area contributed by atoms with Crippen LogP contribution in [0.2, 0.25) is 0 Å². The molecular formula is C22H32N2O4. The monoisotopic (exact) mass is 388 g/mol. The van der Waals surface area contributed by atoms with Gasteiger partial charge < -0.3 is 14.8 Å². The lowest BCUT2D eigenvalue weighted by atomic mass is 9.81. The molecule has 0 aliphatic rings. The molecule has 28 heavy (non-hydrogen) atoms. The molecule has 0 amide bonds. The van der Waals surface area contributed by atoms with Crippen LogP contribution >= 0.6 is 0 Å². The third-order valence-corrected chi connectivity index (χ3v) is 3.81. The summed E-state index contributed by atoms with van der Waals surface area (Å²) in [4.78, 5) is 21.9. The second kappa shape index (κ2) is 12.8. The summed E-state index contributed by atoms with van der Waals surface area (Å²) in [6.45, 7) is 8.91. The summed E-state index contributed by atoms with van der Waals surface area (Å²) in [5.41, 5.74) is 0.976. The Bertz CT molecular complexity index is 669. The highest BCUT2D eigenvalue weighted by Crippen LogP contribution is 2.27. The normalized spacial score (nSPS) is 13.0. The van der Waals surface area contributed by atoms with E-state index in [1.165, 1.54) is 6.08 Å².